The van der Waals surface area contributed by atoms with E-state index in [0.717, 1.165) is 12.8 Å². The van der Waals surface area contributed by atoms with Gasteiger partial charge in [-0.15, -0.1) is 0 Å². The molecule has 1 aromatic heterocycles. The molecule has 1 aliphatic heterocycles. The summed E-state index contributed by atoms with van der Waals surface area (Å²) in [5, 5.41) is 5.47. The Kier molecular flexibility index (Phi) is 6.14. The van der Waals surface area contributed by atoms with E-state index in [1.807, 2.05) is 6.07 Å². The SMILES string of the molecule is O=C(NCC(=O)N1CCC[C@H](C(=O)Nc2cccnc2)C1)c1ccccc1. The number of amides is 3. The molecule has 0 radical (unpaired) electrons. The molecule has 2 heterocycles. The highest BCUT2D eigenvalue weighted by atomic mass is 16.2. The number of rotatable bonds is 5. The molecule has 0 aliphatic carbocycles. The van der Waals surface area contributed by atoms with Crippen molar-refractivity contribution in [3.05, 3.63) is 60.4 Å². The van der Waals surface area contributed by atoms with E-state index in [0.29, 0.717) is 24.3 Å². The fourth-order valence-electron chi connectivity index (χ4n) is 3.06. The summed E-state index contributed by atoms with van der Waals surface area (Å²) in [4.78, 5) is 42.5. The fraction of sp³-hybridized carbons (Fsp3) is 0.300. The Labute approximate surface area is 157 Å². The second kappa shape index (κ2) is 8.93. The van der Waals surface area contributed by atoms with Gasteiger partial charge in [-0.05, 0) is 37.1 Å². The van der Waals surface area contributed by atoms with Crippen LogP contribution in [-0.4, -0.2) is 47.2 Å². The van der Waals surface area contributed by atoms with Gasteiger partial charge in [0.25, 0.3) is 5.91 Å². The summed E-state index contributed by atoms with van der Waals surface area (Å²) in [6, 6.07) is 12.3. The molecule has 0 unspecified atom stereocenters. The van der Waals surface area contributed by atoms with E-state index in [1.165, 1.54) is 0 Å². The number of hydrogen-bond donors (Lipinski definition) is 2. The zero-order valence-corrected chi connectivity index (χ0v) is 14.9. The molecule has 1 aromatic carbocycles. The highest BCUT2D eigenvalue weighted by Gasteiger charge is 2.28. The number of piperidine rings is 1. The minimum Gasteiger partial charge on any atom is -0.343 e. The number of likely N-dealkylation sites (tertiary alicyclic amines) is 1. The van der Waals surface area contributed by atoms with Gasteiger partial charge in [0.2, 0.25) is 11.8 Å². The summed E-state index contributed by atoms with van der Waals surface area (Å²) in [6.45, 7) is 0.869. The Balaban J connectivity index is 1.50. The first-order valence-electron chi connectivity index (χ1n) is 8.95. The quantitative estimate of drug-likeness (QED) is 0.842. The summed E-state index contributed by atoms with van der Waals surface area (Å²) in [6.07, 6.45) is 4.71. The number of nitrogens with zero attached hydrogens (tertiary/aromatic N) is 2. The molecule has 3 rings (SSSR count). The van der Waals surface area contributed by atoms with Crippen LogP contribution >= 0.6 is 0 Å². The Bertz CT molecular complexity index is 795. The van der Waals surface area contributed by atoms with E-state index >= 15 is 0 Å². The highest BCUT2D eigenvalue weighted by molar-refractivity contribution is 5.96. The first kappa shape index (κ1) is 18.6. The molecule has 2 aromatic rings. The maximum absolute atomic E-state index is 12.4. The van der Waals surface area contributed by atoms with Crippen LogP contribution in [0, 0.1) is 5.92 Å². The van der Waals surface area contributed by atoms with E-state index in [4.69, 9.17) is 0 Å². The molecule has 3 amide bonds. The zero-order chi connectivity index (χ0) is 19.1. The standard InChI is InChI=1S/C20H22N4O3/c25-18(13-22-19(26)15-6-2-1-3-7-15)24-11-5-8-16(14-24)20(27)23-17-9-4-10-21-12-17/h1-4,6-7,9-10,12,16H,5,8,11,13-14H2,(H,22,26)(H,23,27)/t16-/m0/s1. The third-order valence-corrected chi connectivity index (χ3v) is 4.51. The number of benzene rings is 1. The molecule has 0 saturated carbocycles. The van der Waals surface area contributed by atoms with Crippen LogP contribution in [0.25, 0.3) is 0 Å². The molecule has 2 N–H and O–H groups in total. The molecule has 27 heavy (non-hydrogen) atoms. The fourth-order valence-corrected chi connectivity index (χ4v) is 3.06. The van der Waals surface area contributed by atoms with Crippen molar-refractivity contribution in [3.8, 4) is 0 Å². The number of anilines is 1. The number of nitrogens with one attached hydrogen (secondary N) is 2. The van der Waals surface area contributed by atoms with E-state index < -0.39 is 0 Å². The molecule has 140 valence electrons. The van der Waals surface area contributed by atoms with E-state index in [1.54, 1.807) is 53.7 Å². The van der Waals surface area contributed by atoms with Crippen molar-refractivity contribution in [1.29, 1.82) is 0 Å². The number of pyridine rings is 1. The summed E-state index contributed by atoms with van der Waals surface area (Å²) in [5.41, 5.74) is 1.15. The maximum atomic E-state index is 12.4. The van der Waals surface area contributed by atoms with Gasteiger partial charge in [-0.2, -0.15) is 0 Å². The van der Waals surface area contributed by atoms with Crippen LogP contribution in [0.3, 0.4) is 0 Å². The highest BCUT2D eigenvalue weighted by Crippen LogP contribution is 2.18. The molecule has 7 nitrogen and oxygen atoms in total. The largest absolute Gasteiger partial charge is 0.343 e. The van der Waals surface area contributed by atoms with Crippen molar-refractivity contribution in [2.24, 2.45) is 5.92 Å². The first-order valence-corrected chi connectivity index (χ1v) is 8.95. The summed E-state index contributed by atoms with van der Waals surface area (Å²) >= 11 is 0. The summed E-state index contributed by atoms with van der Waals surface area (Å²) in [7, 11) is 0. The minimum absolute atomic E-state index is 0.0787. The van der Waals surface area contributed by atoms with Gasteiger partial charge < -0.3 is 15.5 Å². The monoisotopic (exact) mass is 366 g/mol. The van der Waals surface area contributed by atoms with Gasteiger partial charge in [0.1, 0.15) is 0 Å². The van der Waals surface area contributed by atoms with Gasteiger partial charge in [-0.3, -0.25) is 19.4 Å². The predicted molar refractivity (Wildman–Crippen MR) is 101 cm³/mol. The van der Waals surface area contributed by atoms with Gasteiger partial charge in [0, 0.05) is 24.8 Å². The van der Waals surface area contributed by atoms with Gasteiger partial charge in [0.05, 0.1) is 24.3 Å². The number of carbonyl (C=O) groups excluding carboxylic acids is 3. The summed E-state index contributed by atoms with van der Waals surface area (Å²) < 4.78 is 0. The minimum atomic E-state index is -0.285. The van der Waals surface area contributed by atoms with Crippen LogP contribution in [0.2, 0.25) is 0 Å². The molecule has 7 heteroatoms. The van der Waals surface area contributed by atoms with Crippen LogP contribution in [0.1, 0.15) is 23.2 Å². The van der Waals surface area contributed by atoms with Gasteiger partial charge in [-0.1, -0.05) is 18.2 Å². The lowest BCUT2D eigenvalue weighted by Gasteiger charge is -2.32. The second-order valence-corrected chi connectivity index (χ2v) is 6.46. The van der Waals surface area contributed by atoms with Crippen LogP contribution in [0.5, 0.6) is 0 Å². The van der Waals surface area contributed by atoms with Crippen molar-refractivity contribution in [2.45, 2.75) is 12.8 Å². The Morgan fingerprint density at radius 3 is 2.67 bits per heavy atom. The number of carbonyl (C=O) groups is 3. The smallest absolute Gasteiger partial charge is 0.251 e. The van der Waals surface area contributed by atoms with Gasteiger partial charge >= 0.3 is 0 Å². The molecule has 1 atom stereocenters. The first-order chi connectivity index (χ1) is 13.1. The molecule has 0 spiro atoms. The van der Waals surface area contributed by atoms with Crippen LogP contribution in [0.15, 0.2) is 54.9 Å². The number of hydrogen-bond acceptors (Lipinski definition) is 4. The maximum Gasteiger partial charge on any atom is 0.251 e. The zero-order valence-electron chi connectivity index (χ0n) is 14.9. The van der Waals surface area contributed by atoms with Gasteiger partial charge in [0.15, 0.2) is 0 Å². The molecule has 0 bridgehead atoms. The Morgan fingerprint density at radius 1 is 1.11 bits per heavy atom. The van der Waals surface area contributed by atoms with Gasteiger partial charge in [-0.25, -0.2) is 0 Å². The van der Waals surface area contributed by atoms with Crippen molar-refractivity contribution in [1.82, 2.24) is 15.2 Å². The van der Waals surface area contributed by atoms with Crippen LogP contribution in [0.4, 0.5) is 5.69 Å². The van der Waals surface area contributed by atoms with E-state index in [2.05, 4.69) is 15.6 Å². The molecule has 1 aliphatic rings. The second-order valence-electron chi connectivity index (χ2n) is 6.46. The lowest BCUT2D eigenvalue weighted by atomic mass is 9.97. The lowest BCUT2D eigenvalue weighted by Crippen LogP contribution is -2.47. The van der Waals surface area contributed by atoms with Crippen LogP contribution in [-0.2, 0) is 9.59 Å². The average molecular weight is 366 g/mol. The normalized spacial score (nSPS) is 16.4. The number of aromatic nitrogens is 1. The van der Waals surface area contributed by atoms with Crippen molar-refractivity contribution in [3.63, 3.8) is 0 Å². The molecule has 1 fully saturated rings. The predicted octanol–water partition coefficient (Wildman–Crippen LogP) is 1.69. The average Bonchev–Trinajstić information content (AvgIpc) is 2.73. The third kappa shape index (κ3) is 5.13. The summed E-state index contributed by atoms with van der Waals surface area (Å²) in [5.74, 6) is -0.855. The lowest BCUT2D eigenvalue weighted by molar-refractivity contribution is -0.133. The van der Waals surface area contributed by atoms with Crippen molar-refractivity contribution < 1.29 is 14.4 Å². The van der Waals surface area contributed by atoms with E-state index in [9.17, 15) is 14.4 Å². The van der Waals surface area contributed by atoms with Crippen molar-refractivity contribution >= 4 is 23.4 Å². The molecular formula is C20H22N4O3. The molecular weight excluding hydrogens is 344 g/mol. The Morgan fingerprint density at radius 2 is 1.93 bits per heavy atom. The van der Waals surface area contributed by atoms with Crippen LogP contribution < -0.4 is 10.6 Å². The third-order valence-electron chi connectivity index (χ3n) is 4.51. The topological polar surface area (TPSA) is 91.4 Å². The Hall–Kier alpha value is -3.22. The molecule has 1 saturated heterocycles. The van der Waals surface area contributed by atoms with Crippen molar-refractivity contribution in [2.75, 3.05) is 25.0 Å². The van der Waals surface area contributed by atoms with E-state index in [-0.39, 0.29) is 30.2 Å².